The van der Waals surface area contributed by atoms with Gasteiger partial charge in [0.15, 0.2) is 0 Å². The summed E-state index contributed by atoms with van der Waals surface area (Å²) >= 11 is 1.35. The van der Waals surface area contributed by atoms with Gasteiger partial charge in [-0.3, -0.25) is 9.59 Å². The third kappa shape index (κ3) is 1.66. The summed E-state index contributed by atoms with van der Waals surface area (Å²) in [5, 5.41) is 14.2. The number of carbonyl (C=O) groups is 2. The van der Waals surface area contributed by atoms with Crippen molar-refractivity contribution in [2.45, 2.75) is 10.1 Å². The molecule has 0 saturated carbocycles. The lowest BCUT2D eigenvalue weighted by Gasteiger charge is -2.02. The van der Waals surface area contributed by atoms with Crippen LogP contribution < -0.4 is 5.32 Å². The molecular weight excluding hydrogens is 254 g/mol. The van der Waals surface area contributed by atoms with Crippen molar-refractivity contribution in [2.24, 2.45) is 7.05 Å². The number of rotatable bonds is 2. The average molecular weight is 261 g/mol. The van der Waals surface area contributed by atoms with Crippen molar-refractivity contribution in [3.8, 4) is 0 Å². The van der Waals surface area contributed by atoms with E-state index in [4.69, 9.17) is 0 Å². The molecule has 1 N–H and O–H groups in total. The van der Waals surface area contributed by atoms with Gasteiger partial charge in [-0.2, -0.15) is 0 Å². The highest BCUT2D eigenvalue weighted by molar-refractivity contribution is 7.99. The van der Waals surface area contributed by atoms with Crippen LogP contribution >= 0.6 is 11.8 Å². The van der Waals surface area contributed by atoms with Crippen LogP contribution in [0, 0.1) is 0 Å². The first-order chi connectivity index (χ1) is 8.65. The molecular formula is C10H7N5O2S. The van der Waals surface area contributed by atoms with Crippen molar-refractivity contribution >= 4 is 29.1 Å². The first-order valence-corrected chi connectivity index (χ1v) is 5.87. The molecule has 2 aromatic rings. The Morgan fingerprint density at radius 1 is 1.33 bits per heavy atom. The lowest BCUT2D eigenvalue weighted by molar-refractivity contribution is -0.112. The Labute approximate surface area is 106 Å². The number of carbonyl (C=O) groups excluding carboxylic acids is 2. The van der Waals surface area contributed by atoms with Gasteiger partial charge in [0, 0.05) is 11.9 Å². The Morgan fingerprint density at radius 2 is 2.17 bits per heavy atom. The van der Waals surface area contributed by atoms with E-state index in [-0.39, 0.29) is 0 Å². The van der Waals surface area contributed by atoms with E-state index in [1.54, 1.807) is 29.9 Å². The normalized spacial score (nSPS) is 13.6. The highest BCUT2D eigenvalue weighted by Gasteiger charge is 2.27. The lowest BCUT2D eigenvalue weighted by atomic mass is 10.1. The number of benzene rings is 1. The number of aryl methyl sites for hydroxylation is 1. The first-order valence-electron chi connectivity index (χ1n) is 5.05. The molecule has 90 valence electrons. The predicted molar refractivity (Wildman–Crippen MR) is 62.3 cm³/mol. The van der Waals surface area contributed by atoms with E-state index < -0.39 is 11.7 Å². The molecule has 1 aliphatic rings. The van der Waals surface area contributed by atoms with Gasteiger partial charge >= 0.3 is 0 Å². The van der Waals surface area contributed by atoms with Crippen LogP contribution in [0.4, 0.5) is 5.69 Å². The molecule has 0 bridgehead atoms. The van der Waals surface area contributed by atoms with Gasteiger partial charge < -0.3 is 5.32 Å². The molecule has 0 radical (unpaired) electrons. The zero-order valence-corrected chi connectivity index (χ0v) is 10.1. The number of tetrazole rings is 1. The Kier molecular flexibility index (Phi) is 2.37. The Morgan fingerprint density at radius 3 is 2.89 bits per heavy atom. The van der Waals surface area contributed by atoms with Gasteiger partial charge in [-0.25, -0.2) is 4.68 Å². The van der Waals surface area contributed by atoms with Gasteiger partial charge in [-0.1, -0.05) is 0 Å². The average Bonchev–Trinajstić information content (AvgIpc) is 2.86. The summed E-state index contributed by atoms with van der Waals surface area (Å²) in [7, 11) is 1.74. The highest BCUT2D eigenvalue weighted by atomic mass is 32.2. The standard InChI is InChI=1S/C10H7N5O2S/c1-15-10(12-13-14-15)18-5-2-3-6-7(4-5)11-9(17)8(6)16/h2-4H,1H3,(H,11,16,17). The third-order valence-electron chi connectivity index (χ3n) is 2.48. The maximum absolute atomic E-state index is 11.4. The summed E-state index contributed by atoms with van der Waals surface area (Å²) in [5.41, 5.74) is 0.936. The molecule has 0 saturated heterocycles. The molecule has 0 unspecified atom stereocenters. The summed E-state index contributed by atoms with van der Waals surface area (Å²) in [6.07, 6.45) is 0. The second kappa shape index (κ2) is 3.91. The Hall–Kier alpha value is -2.22. The molecule has 1 aromatic heterocycles. The topological polar surface area (TPSA) is 89.8 Å². The van der Waals surface area contributed by atoms with Gasteiger partial charge in [-0.15, -0.1) is 5.10 Å². The molecule has 0 spiro atoms. The number of fused-ring (bicyclic) bond motifs is 1. The number of aromatic nitrogens is 4. The number of nitrogens with zero attached hydrogens (tertiary/aromatic N) is 4. The molecule has 2 heterocycles. The maximum atomic E-state index is 11.4. The minimum atomic E-state index is -0.590. The van der Waals surface area contributed by atoms with Crippen LogP contribution in [0.3, 0.4) is 0 Å². The first kappa shape index (κ1) is 10.9. The van der Waals surface area contributed by atoms with E-state index in [9.17, 15) is 9.59 Å². The molecule has 1 aliphatic heterocycles. The van der Waals surface area contributed by atoms with E-state index in [0.717, 1.165) is 4.90 Å². The quantitative estimate of drug-likeness (QED) is 0.791. The van der Waals surface area contributed by atoms with Gasteiger partial charge in [-0.05, 0) is 40.4 Å². The molecule has 0 atom stereocenters. The Balaban J connectivity index is 1.93. The van der Waals surface area contributed by atoms with Crippen LogP contribution in [0.1, 0.15) is 10.4 Å². The number of amides is 1. The van der Waals surface area contributed by atoms with Gasteiger partial charge in [0.25, 0.3) is 11.7 Å². The molecule has 1 amide bonds. The summed E-state index contributed by atoms with van der Waals surface area (Å²) in [6.45, 7) is 0. The molecule has 18 heavy (non-hydrogen) atoms. The monoisotopic (exact) mass is 261 g/mol. The van der Waals surface area contributed by atoms with Gasteiger partial charge in [0.1, 0.15) is 0 Å². The number of anilines is 1. The van der Waals surface area contributed by atoms with Crippen molar-refractivity contribution in [1.82, 2.24) is 20.2 Å². The molecule has 8 heteroatoms. The van der Waals surface area contributed by atoms with Crippen LogP contribution in [0.5, 0.6) is 0 Å². The number of Topliss-reactive ketones (excluding diaryl/α,β-unsaturated/α-hetero) is 1. The van der Waals surface area contributed by atoms with Crippen LogP contribution in [-0.4, -0.2) is 31.9 Å². The predicted octanol–water partition coefficient (Wildman–Crippen LogP) is 0.496. The summed E-state index contributed by atoms with van der Waals surface area (Å²) in [5.74, 6) is -1.09. The van der Waals surface area contributed by atoms with Crippen molar-refractivity contribution < 1.29 is 9.59 Å². The maximum Gasteiger partial charge on any atom is 0.296 e. The molecule has 1 aromatic carbocycles. The van der Waals surface area contributed by atoms with Gasteiger partial charge in [0.2, 0.25) is 5.16 Å². The third-order valence-corrected chi connectivity index (χ3v) is 3.50. The summed E-state index contributed by atoms with van der Waals surface area (Å²) in [4.78, 5) is 23.5. The second-order valence-corrected chi connectivity index (χ2v) is 4.72. The largest absolute Gasteiger partial charge is 0.318 e. The summed E-state index contributed by atoms with van der Waals surface area (Å²) < 4.78 is 1.54. The fourth-order valence-electron chi connectivity index (χ4n) is 1.60. The molecule has 0 aliphatic carbocycles. The zero-order chi connectivity index (χ0) is 12.7. The van der Waals surface area contributed by atoms with Crippen LogP contribution in [-0.2, 0) is 11.8 Å². The van der Waals surface area contributed by atoms with Gasteiger partial charge in [0.05, 0.1) is 11.3 Å². The SMILES string of the molecule is Cn1nnnc1Sc1ccc2c(c1)NC(=O)C2=O. The number of ketones is 1. The van der Waals surface area contributed by atoms with Crippen molar-refractivity contribution in [3.63, 3.8) is 0 Å². The molecule has 3 rings (SSSR count). The number of hydrogen-bond donors (Lipinski definition) is 1. The molecule has 0 fully saturated rings. The lowest BCUT2D eigenvalue weighted by Crippen LogP contribution is -2.12. The second-order valence-electron chi connectivity index (χ2n) is 3.68. The summed E-state index contributed by atoms with van der Waals surface area (Å²) in [6, 6.07) is 5.12. The minimum Gasteiger partial charge on any atom is -0.318 e. The van der Waals surface area contributed by atoms with Crippen LogP contribution in [0.15, 0.2) is 28.3 Å². The van der Waals surface area contributed by atoms with E-state index in [1.165, 1.54) is 11.8 Å². The van der Waals surface area contributed by atoms with Crippen LogP contribution in [0.2, 0.25) is 0 Å². The minimum absolute atomic E-state index is 0.403. The van der Waals surface area contributed by atoms with E-state index >= 15 is 0 Å². The number of nitrogens with one attached hydrogen (secondary N) is 1. The van der Waals surface area contributed by atoms with E-state index in [2.05, 4.69) is 20.8 Å². The van der Waals surface area contributed by atoms with Crippen molar-refractivity contribution in [3.05, 3.63) is 23.8 Å². The highest BCUT2D eigenvalue weighted by Crippen LogP contribution is 2.31. The number of hydrogen-bond acceptors (Lipinski definition) is 6. The van der Waals surface area contributed by atoms with E-state index in [0.29, 0.717) is 16.4 Å². The van der Waals surface area contributed by atoms with Crippen molar-refractivity contribution in [1.29, 1.82) is 0 Å². The van der Waals surface area contributed by atoms with Crippen LogP contribution in [0.25, 0.3) is 0 Å². The van der Waals surface area contributed by atoms with Crippen molar-refractivity contribution in [2.75, 3.05) is 5.32 Å². The fourth-order valence-corrected chi connectivity index (χ4v) is 2.37. The Bertz CT molecular complexity index is 666. The van der Waals surface area contributed by atoms with E-state index in [1.807, 2.05) is 0 Å². The smallest absolute Gasteiger partial charge is 0.296 e. The molecule has 7 nitrogen and oxygen atoms in total. The zero-order valence-electron chi connectivity index (χ0n) is 9.25. The fraction of sp³-hybridized carbons (Fsp3) is 0.100.